The van der Waals surface area contributed by atoms with Crippen LogP contribution in [0.5, 0.6) is 0 Å². The van der Waals surface area contributed by atoms with Crippen LogP contribution in [0.2, 0.25) is 0 Å². The van der Waals surface area contributed by atoms with E-state index in [-0.39, 0.29) is 18.2 Å². The van der Waals surface area contributed by atoms with E-state index in [1.165, 1.54) is 16.7 Å². The molecule has 0 atom stereocenters. The zero-order valence-electron chi connectivity index (χ0n) is 7.64. The number of nitro groups is 1. The van der Waals surface area contributed by atoms with Crippen LogP contribution in [-0.4, -0.2) is 16.1 Å². The maximum Gasteiger partial charge on any atom is 0.326 e. The topological polar surface area (TPSA) is 81.1 Å². The summed E-state index contributed by atoms with van der Waals surface area (Å²) in [4.78, 5) is 9.99. The van der Waals surface area contributed by atoms with Gasteiger partial charge in [0.2, 0.25) is 5.69 Å². The number of rotatable bonds is 4. The zero-order valence-corrected chi connectivity index (χ0v) is 7.64. The second-order valence-corrected chi connectivity index (χ2v) is 2.50. The molecule has 0 bridgehead atoms. The van der Waals surface area contributed by atoms with Crippen molar-refractivity contribution in [1.29, 1.82) is 5.26 Å². The molecule has 1 aromatic heterocycles. The Labute approximate surface area is 80.5 Å². The summed E-state index contributed by atoms with van der Waals surface area (Å²) in [6.45, 7) is 2.25. The second-order valence-electron chi connectivity index (χ2n) is 2.50. The molecule has 0 aliphatic carbocycles. The maximum atomic E-state index is 10.5. The maximum absolute atomic E-state index is 10.5. The van der Waals surface area contributed by atoms with Gasteiger partial charge in [0.1, 0.15) is 6.07 Å². The number of hydrogen-bond acceptors (Lipinski definition) is 4. The van der Waals surface area contributed by atoms with E-state index in [1.807, 2.05) is 6.07 Å². The van der Waals surface area contributed by atoms with Crippen molar-refractivity contribution in [1.82, 2.24) is 4.57 Å². The predicted molar refractivity (Wildman–Crippen MR) is 47.4 cm³/mol. The standard InChI is InChI=1S/C8H9N3O3/c1-2-14-6-10-7(5-9)3-4-8(10)11(12)13/h3-4H,2,6H2,1H3. The van der Waals surface area contributed by atoms with Gasteiger partial charge in [0.15, 0.2) is 6.73 Å². The van der Waals surface area contributed by atoms with Crippen molar-refractivity contribution in [3.63, 3.8) is 0 Å². The molecule has 0 spiro atoms. The fraction of sp³-hybridized carbons (Fsp3) is 0.375. The van der Waals surface area contributed by atoms with Crippen LogP contribution in [0.4, 0.5) is 5.82 Å². The monoisotopic (exact) mass is 195 g/mol. The molecule has 0 aromatic carbocycles. The summed E-state index contributed by atoms with van der Waals surface area (Å²) in [5.41, 5.74) is 0.227. The lowest BCUT2D eigenvalue weighted by Crippen LogP contribution is -2.07. The average molecular weight is 195 g/mol. The van der Waals surface area contributed by atoms with Gasteiger partial charge in [-0.1, -0.05) is 0 Å². The van der Waals surface area contributed by atoms with E-state index in [1.54, 1.807) is 6.92 Å². The number of nitrogens with zero attached hydrogens (tertiary/aromatic N) is 3. The van der Waals surface area contributed by atoms with E-state index in [4.69, 9.17) is 10.00 Å². The highest BCUT2D eigenvalue weighted by atomic mass is 16.6. The Bertz CT molecular complexity index is 378. The molecule has 6 nitrogen and oxygen atoms in total. The van der Waals surface area contributed by atoms with Crippen LogP contribution in [0.15, 0.2) is 12.1 Å². The molecule has 1 aromatic rings. The number of hydrogen-bond donors (Lipinski definition) is 0. The third-order valence-electron chi connectivity index (χ3n) is 1.68. The third kappa shape index (κ3) is 1.89. The molecule has 0 fully saturated rings. The molecule has 0 saturated carbocycles. The molecule has 0 N–H and O–H groups in total. The van der Waals surface area contributed by atoms with E-state index in [9.17, 15) is 10.1 Å². The quantitative estimate of drug-likeness (QED) is 0.535. The normalized spacial score (nSPS) is 9.71. The van der Waals surface area contributed by atoms with Gasteiger partial charge in [-0.2, -0.15) is 9.83 Å². The fourth-order valence-electron chi connectivity index (χ4n) is 1.03. The largest absolute Gasteiger partial charge is 0.358 e. The second kappa shape index (κ2) is 4.39. The summed E-state index contributed by atoms with van der Waals surface area (Å²) in [6.07, 6.45) is 0. The van der Waals surface area contributed by atoms with E-state index in [2.05, 4.69) is 0 Å². The predicted octanol–water partition coefficient (Wildman–Crippen LogP) is 1.26. The molecule has 0 unspecified atom stereocenters. The van der Waals surface area contributed by atoms with E-state index < -0.39 is 4.92 Å². The van der Waals surface area contributed by atoms with E-state index in [0.29, 0.717) is 6.61 Å². The van der Waals surface area contributed by atoms with Crippen LogP contribution in [0, 0.1) is 21.4 Å². The molecule has 0 aliphatic heterocycles. The lowest BCUT2D eigenvalue weighted by molar-refractivity contribution is -0.393. The number of ether oxygens (including phenoxy) is 1. The Balaban J connectivity index is 3.01. The van der Waals surface area contributed by atoms with Gasteiger partial charge in [-0.15, -0.1) is 0 Å². The molecule has 0 radical (unpaired) electrons. The van der Waals surface area contributed by atoms with Crippen LogP contribution in [-0.2, 0) is 11.5 Å². The van der Waals surface area contributed by atoms with Crippen molar-refractivity contribution in [2.45, 2.75) is 13.7 Å². The van der Waals surface area contributed by atoms with Crippen molar-refractivity contribution < 1.29 is 9.66 Å². The summed E-state index contributed by atoms with van der Waals surface area (Å²) in [7, 11) is 0. The molecule has 74 valence electrons. The summed E-state index contributed by atoms with van der Waals surface area (Å²) >= 11 is 0. The summed E-state index contributed by atoms with van der Waals surface area (Å²) in [6, 6.07) is 4.55. The fourth-order valence-corrected chi connectivity index (χ4v) is 1.03. The molecular weight excluding hydrogens is 186 g/mol. The SMILES string of the molecule is CCOCn1c(C#N)ccc1[N+](=O)[O-]. The first-order valence-corrected chi connectivity index (χ1v) is 4.02. The van der Waals surface area contributed by atoms with Gasteiger partial charge >= 0.3 is 5.82 Å². The lowest BCUT2D eigenvalue weighted by atomic mass is 10.5. The van der Waals surface area contributed by atoms with Gasteiger partial charge in [0.25, 0.3) is 0 Å². The highest BCUT2D eigenvalue weighted by Gasteiger charge is 2.17. The highest BCUT2D eigenvalue weighted by molar-refractivity contribution is 5.34. The first kappa shape index (κ1) is 10.2. The molecule has 6 heteroatoms. The third-order valence-corrected chi connectivity index (χ3v) is 1.68. The first-order chi connectivity index (χ1) is 6.70. The first-order valence-electron chi connectivity index (χ1n) is 4.02. The van der Waals surface area contributed by atoms with Crippen LogP contribution in [0.3, 0.4) is 0 Å². The Morgan fingerprint density at radius 1 is 1.71 bits per heavy atom. The highest BCUT2D eigenvalue weighted by Crippen LogP contribution is 2.16. The van der Waals surface area contributed by atoms with Crippen LogP contribution >= 0.6 is 0 Å². The van der Waals surface area contributed by atoms with Crippen molar-refractivity contribution >= 4 is 5.82 Å². The van der Waals surface area contributed by atoms with E-state index >= 15 is 0 Å². The summed E-state index contributed by atoms with van der Waals surface area (Å²) in [5.74, 6) is -0.130. The van der Waals surface area contributed by atoms with Gasteiger partial charge in [0.05, 0.1) is 0 Å². The Hall–Kier alpha value is -1.87. The van der Waals surface area contributed by atoms with Crippen molar-refractivity contribution in [3.8, 4) is 6.07 Å². The number of nitriles is 1. The van der Waals surface area contributed by atoms with Crippen molar-refractivity contribution in [2.24, 2.45) is 0 Å². The molecule has 0 amide bonds. The van der Waals surface area contributed by atoms with Gasteiger partial charge in [-0.05, 0) is 11.8 Å². The molecule has 1 heterocycles. The zero-order chi connectivity index (χ0) is 10.6. The molecule has 14 heavy (non-hydrogen) atoms. The minimum absolute atomic E-state index is 0.0305. The molecule has 0 aliphatic rings. The molecular formula is C8H9N3O3. The summed E-state index contributed by atoms with van der Waals surface area (Å²) < 4.78 is 6.24. The van der Waals surface area contributed by atoms with Gasteiger partial charge in [0, 0.05) is 18.7 Å². The van der Waals surface area contributed by atoms with Gasteiger partial charge < -0.3 is 14.9 Å². The minimum atomic E-state index is -0.542. The number of aromatic nitrogens is 1. The van der Waals surface area contributed by atoms with Crippen LogP contribution < -0.4 is 0 Å². The Morgan fingerprint density at radius 3 is 2.93 bits per heavy atom. The van der Waals surface area contributed by atoms with Gasteiger partial charge in [-0.3, -0.25) is 0 Å². The van der Waals surface area contributed by atoms with E-state index in [0.717, 1.165) is 0 Å². The Kier molecular flexibility index (Phi) is 3.20. The van der Waals surface area contributed by atoms with Crippen LogP contribution in [0.25, 0.3) is 0 Å². The van der Waals surface area contributed by atoms with Crippen molar-refractivity contribution in [3.05, 3.63) is 27.9 Å². The van der Waals surface area contributed by atoms with Crippen LogP contribution in [0.1, 0.15) is 12.6 Å². The average Bonchev–Trinajstić information content (AvgIpc) is 2.57. The molecule has 0 saturated heterocycles. The lowest BCUT2D eigenvalue weighted by Gasteiger charge is -2.01. The van der Waals surface area contributed by atoms with Gasteiger partial charge in [-0.25, -0.2) is 0 Å². The Morgan fingerprint density at radius 2 is 2.43 bits per heavy atom. The minimum Gasteiger partial charge on any atom is -0.358 e. The smallest absolute Gasteiger partial charge is 0.326 e. The molecule has 1 rings (SSSR count). The summed E-state index contributed by atoms with van der Waals surface area (Å²) in [5, 5.41) is 19.2. The van der Waals surface area contributed by atoms with Crippen molar-refractivity contribution in [2.75, 3.05) is 6.61 Å².